The summed E-state index contributed by atoms with van der Waals surface area (Å²) in [6, 6.07) is 17.8. The van der Waals surface area contributed by atoms with Crippen LogP contribution in [0.3, 0.4) is 0 Å². The minimum Gasteiger partial charge on any atom is -0.465 e. The predicted octanol–water partition coefficient (Wildman–Crippen LogP) is 4.68. The lowest BCUT2D eigenvalue weighted by Crippen LogP contribution is -2.28. The number of hydrogen-bond acceptors (Lipinski definition) is 3. The van der Waals surface area contributed by atoms with E-state index in [1.807, 2.05) is 24.3 Å². The Morgan fingerprint density at radius 3 is 2.52 bits per heavy atom. The van der Waals surface area contributed by atoms with Gasteiger partial charge < -0.3 is 9.63 Å². The molecule has 0 aliphatic heterocycles. The van der Waals surface area contributed by atoms with Crippen molar-refractivity contribution in [1.29, 1.82) is 0 Å². The molecule has 1 heterocycles. The number of halogens is 1. The van der Waals surface area contributed by atoms with Gasteiger partial charge in [0.25, 0.3) is 0 Å². The molecule has 0 bridgehead atoms. The van der Waals surface area contributed by atoms with E-state index in [1.54, 1.807) is 36.4 Å². The van der Waals surface area contributed by atoms with Crippen molar-refractivity contribution in [1.82, 2.24) is 5.16 Å². The van der Waals surface area contributed by atoms with Crippen molar-refractivity contribution in [3.8, 4) is 11.3 Å². The van der Waals surface area contributed by atoms with Gasteiger partial charge in [0.05, 0.1) is 11.6 Å². The standard InChI is InChI=1S/C17H13ClN2O3/c18-15-9-5-4-8-14(15)16-10-13(23-19-16)11-20(17(21)22)12-6-2-1-3-7-12/h1-10H,11H2,(H,21,22). The van der Waals surface area contributed by atoms with Gasteiger partial charge in [0.15, 0.2) is 5.76 Å². The Bertz CT molecular complexity index is 817. The maximum absolute atomic E-state index is 11.5. The summed E-state index contributed by atoms with van der Waals surface area (Å²) >= 11 is 6.13. The van der Waals surface area contributed by atoms with E-state index < -0.39 is 6.09 Å². The summed E-state index contributed by atoms with van der Waals surface area (Å²) in [7, 11) is 0. The quantitative estimate of drug-likeness (QED) is 0.755. The smallest absolute Gasteiger partial charge is 0.412 e. The van der Waals surface area contributed by atoms with Gasteiger partial charge in [-0.2, -0.15) is 0 Å². The minimum absolute atomic E-state index is 0.0663. The number of hydrogen-bond donors (Lipinski definition) is 1. The molecule has 0 saturated heterocycles. The fraction of sp³-hybridized carbons (Fsp3) is 0.0588. The molecule has 0 saturated carbocycles. The van der Waals surface area contributed by atoms with E-state index in [0.717, 1.165) is 5.56 Å². The molecule has 23 heavy (non-hydrogen) atoms. The maximum atomic E-state index is 11.5. The zero-order chi connectivity index (χ0) is 16.2. The van der Waals surface area contributed by atoms with Crippen LogP contribution in [0.4, 0.5) is 10.5 Å². The number of carbonyl (C=O) groups is 1. The van der Waals surface area contributed by atoms with Crippen LogP contribution in [0.1, 0.15) is 5.76 Å². The van der Waals surface area contributed by atoms with Crippen LogP contribution in [0.5, 0.6) is 0 Å². The van der Waals surface area contributed by atoms with Crippen molar-refractivity contribution in [2.45, 2.75) is 6.54 Å². The predicted molar refractivity (Wildman–Crippen MR) is 87.6 cm³/mol. The van der Waals surface area contributed by atoms with E-state index in [1.165, 1.54) is 4.90 Å². The van der Waals surface area contributed by atoms with Crippen molar-refractivity contribution >= 4 is 23.4 Å². The molecule has 3 rings (SSSR count). The largest absolute Gasteiger partial charge is 0.465 e. The van der Waals surface area contributed by atoms with Gasteiger partial charge in [0, 0.05) is 17.3 Å². The summed E-state index contributed by atoms with van der Waals surface area (Å²) in [5.41, 5.74) is 1.88. The zero-order valence-corrected chi connectivity index (χ0v) is 12.8. The molecule has 1 aromatic heterocycles. The normalized spacial score (nSPS) is 10.5. The Labute approximate surface area is 137 Å². The number of anilines is 1. The molecule has 0 spiro atoms. The summed E-state index contributed by atoms with van der Waals surface area (Å²) in [6.45, 7) is 0.0663. The van der Waals surface area contributed by atoms with Gasteiger partial charge >= 0.3 is 6.09 Å². The van der Waals surface area contributed by atoms with Gasteiger partial charge in [-0.25, -0.2) is 4.79 Å². The highest BCUT2D eigenvalue weighted by Crippen LogP contribution is 2.27. The second-order valence-electron chi connectivity index (χ2n) is 4.86. The number of carboxylic acid groups (broad SMARTS) is 1. The van der Waals surface area contributed by atoms with Gasteiger partial charge in [-0.1, -0.05) is 53.2 Å². The molecule has 0 fully saturated rings. The fourth-order valence-corrected chi connectivity index (χ4v) is 2.45. The lowest BCUT2D eigenvalue weighted by Gasteiger charge is -2.17. The SMILES string of the molecule is O=C(O)N(Cc1cc(-c2ccccc2Cl)no1)c1ccccc1. The van der Waals surface area contributed by atoms with Crippen LogP contribution < -0.4 is 4.90 Å². The first kappa shape index (κ1) is 15.1. The Balaban J connectivity index is 1.86. The second kappa shape index (κ2) is 6.54. The van der Waals surface area contributed by atoms with E-state index in [9.17, 15) is 9.90 Å². The van der Waals surface area contributed by atoms with Crippen LogP contribution in [0.15, 0.2) is 65.2 Å². The highest BCUT2D eigenvalue weighted by atomic mass is 35.5. The Morgan fingerprint density at radius 2 is 1.83 bits per heavy atom. The van der Waals surface area contributed by atoms with E-state index in [2.05, 4.69) is 5.16 Å². The van der Waals surface area contributed by atoms with Crippen LogP contribution in [-0.4, -0.2) is 16.4 Å². The number of para-hydroxylation sites is 1. The second-order valence-corrected chi connectivity index (χ2v) is 5.27. The van der Waals surface area contributed by atoms with E-state index >= 15 is 0 Å². The van der Waals surface area contributed by atoms with Gasteiger partial charge in [0.1, 0.15) is 5.69 Å². The highest BCUT2D eigenvalue weighted by Gasteiger charge is 2.18. The molecule has 0 aliphatic rings. The molecule has 0 unspecified atom stereocenters. The average Bonchev–Trinajstić information content (AvgIpc) is 3.02. The number of aromatic nitrogens is 1. The Morgan fingerprint density at radius 1 is 1.13 bits per heavy atom. The fourth-order valence-electron chi connectivity index (χ4n) is 2.22. The molecule has 3 aromatic rings. The van der Waals surface area contributed by atoms with Gasteiger partial charge in [-0.05, 0) is 18.2 Å². The third-order valence-corrected chi connectivity index (χ3v) is 3.65. The van der Waals surface area contributed by atoms with Crippen molar-refractivity contribution in [3.63, 3.8) is 0 Å². The van der Waals surface area contributed by atoms with Crippen LogP contribution in [0.2, 0.25) is 5.02 Å². The summed E-state index contributed by atoms with van der Waals surface area (Å²) < 4.78 is 5.26. The number of amides is 1. The Hall–Kier alpha value is -2.79. The molecule has 1 N–H and O–H groups in total. The summed E-state index contributed by atoms with van der Waals surface area (Å²) in [5, 5.41) is 13.9. The number of nitrogens with zero attached hydrogens (tertiary/aromatic N) is 2. The van der Waals surface area contributed by atoms with Crippen molar-refractivity contribution < 1.29 is 14.4 Å². The van der Waals surface area contributed by atoms with Crippen LogP contribution in [-0.2, 0) is 6.54 Å². The van der Waals surface area contributed by atoms with E-state index in [0.29, 0.717) is 22.2 Å². The molecular formula is C17H13ClN2O3. The van der Waals surface area contributed by atoms with Crippen LogP contribution >= 0.6 is 11.6 Å². The topological polar surface area (TPSA) is 66.6 Å². The molecule has 1 amide bonds. The van der Waals surface area contributed by atoms with Crippen LogP contribution in [0.25, 0.3) is 11.3 Å². The lowest BCUT2D eigenvalue weighted by molar-refractivity contribution is 0.200. The number of rotatable bonds is 4. The maximum Gasteiger partial charge on any atom is 0.412 e. The minimum atomic E-state index is -1.06. The Kier molecular flexibility index (Phi) is 4.30. The van der Waals surface area contributed by atoms with Crippen molar-refractivity contribution in [2.75, 3.05) is 4.90 Å². The first-order chi connectivity index (χ1) is 11.1. The summed E-state index contributed by atoms with van der Waals surface area (Å²) in [6.07, 6.45) is -1.06. The molecule has 6 heteroatoms. The lowest BCUT2D eigenvalue weighted by atomic mass is 10.1. The molecular weight excluding hydrogens is 316 g/mol. The first-order valence-corrected chi connectivity index (χ1v) is 7.29. The number of benzene rings is 2. The van der Waals surface area contributed by atoms with E-state index in [-0.39, 0.29) is 6.54 Å². The first-order valence-electron chi connectivity index (χ1n) is 6.91. The monoisotopic (exact) mass is 328 g/mol. The van der Waals surface area contributed by atoms with Crippen LogP contribution in [0, 0.1) is 0 Å². The van der Waals surface area contributed by atoms with Gasteiger partial charge in [-0.15, -0.1) is 0 Å². The summed E-state index contributed by atoms with van der Waals surface area (Å²) in [5.74, 6) is 0.436. The van der Waals surface area contributed by atoms with Gasteiger partial charge in [-0.3, -0.25) is 4.90 Å². The summed E-state index contributed by atoms with van der Waals surface area (Å²) in [4.78, 5) is 12.7. The average molecular weight is 329 g/mol. The third kappa shape index (κ3) is 3.35. The highest BCUT2D eigenvalue weighted by molar-refractivity contribution is 6.33. The van der Waals surface area contributed by atoms with Crippen molar-refractivity contribution in [2.24, 2.45) is 0 Å². The zero-order valence-electron chi connectivity index (χ0n) is 12.0. The third-order valence-electron chi connectivity index (χ3n) is 3.32. The van der Waals surface area contributed by atoms with Crippen molar-refractivity contribution in [3.05, 3.63) is 71.4 Å². The molecule has 0 radical (unpaired) electrons. The van der Waals surface area contributed by atoms with E-state index in [4.69, 9.17) is 16.1 Å². The molecule has 116 valence electrons. The molecule has 2 aromatic carbocycles. The van der Waals surface area contributed by atoms with Gasteiger partial charge in [0.2, 0.25) is 0 Å². The molecule has 5 nitrogen and oxygen atoms in total. The molecule has 0 atom stereocenters. The molecule has 0 aliphatic carbocycles.